The molecule has 0 radical (unpaired) electrons. The summed E-state index contributed by atoms with van der Waals surface area (Å²) in [4.78, 5) is 14.6. The van der Waals surface area contributed by atoms with Crippen molar-refractivity contribution in [3.05, 3.63) is 42.5 Å². The van der Waals surface area contributed by atoms with Gasteiger partial charge in [0, 0.05) is 30.4 Å². The molecule has 116 valence electrons. The van der Waals surface area contributed by atoms with E-state index in [4.69, 9.17) is 5.73 Å². The van der Waals surface area contributed by atoms with E-state index in [-0.39, 0.29) is 11.9 Å². The number of nitrogens with zero attached hydrogens (tertiary/aromatic N) is 4. The molecule has 6 heteroatoms. The molecule has 1 aliphatic rings. The highest BCUT2D eigenvalue weighted by Crippen LogP contribution is 2.24. The number of carbonyl (C=O) groups excluding carboxylic acids is 1. The van der Waals surface area contributed by atoms with E-state index in [0.29, 0.717) is 18.0 Å². The highest BCUT2D eigenvalue weighted by molar-refractivity contribution is 5.94. The second-order valence-corrected chi connectivity index (χ2v) is 5.93. The van der Waals surface area contributed by atoms with Crippen LogP contribution in [0, 0.1) is 5.92 Å². The van der Waals surface area contributed by atoms with Crippen molar-refractivity contribution in [3.63, 3.8) is 0 Å². The number of amides is 1. The van der Waals surface area contributed by atoms with Gasteiger partial charge in [0.15, 0.2) is 0 Å². The van der Waals surface area contributed by atoms with Crippen molar-refractivity contribution in [1.29, 1.82) is 0 Å². The van der Waals surface area contributed by atoms with Gasteiger partial charge in [-0.15, -0.1) is 10.2 Å². The zero-order valence-corrected chi connectivity index (χ0v) is 12.7. The molecule has 22 heavy (non-hydrogen) atoms. The summed E-state index contributed by atoms with van der Waals surface area (Å²) in [5.74, 6) is 0.700. The molecule has 1 aromatic carbocycles. The molecule has 3 rings (SSSR count). The average molecular weight is 299 g/mol. The number of aromatic nitrogens is 3. The number of benzene rings is 1. The van der Waals surface area contributed by atoms with Crippen molar-refractivity contribution in [2.24, 2.45) is 11.7 Å². The summed E-state index contributed by atoms with van der Waals surface area (Å²) in [6.45, 7) is 3.53. The van der Waals surface area contributed by atoms with Crippen molar-refractivity contribution < 1.29 is 4.79 Å². The van der Waals surface area contributed by atoms with E-state index in [2.05, 4.69) is 17.1 Å². The first-order chi connectivity index (χ1) is 10.7. The number of carbonyl (C=O) groups is 1. The van der Waals surface area contributed by atoms with Gasteiger partial charge >= 0.3 is 0 Å². The largest absolute Gasteiger partial charge is 0.334 e. The molecule has 2 atom stereocenters. The number of hydrogen-bond donors (Lipinski definition) is 1. The monoisotopic (exact) mass is 299 g/mol. The van der Waals surface area contributed by atoms with Crippen LogP contribution < -0.4 is 5.73 Å². The van der Waals surface area contributed by atoms with E-state index in [1.807, 2.05) is 29.2 Å². The highest BCUT2D eigenvalue weighted by atomic mass is 16.2. The van der Waals surface area contributed by atoms with E-state index >= 15 is 0 Å². The van der Waals surface area contributed by atoms with E-state index < -0.39 is 0 Å². The predicted octanol–water partition coefficient (Wildman–Crippen LogP) is 1.47. The molecule has 0 saturated carbocycles. The summed E-state index contributed by atoms with van der Waals surface area (Å²) >= 11 is 0. The lowest BCUT2D eigenvalue weighted by molar-refractivity contribution is 0.0573. The summed E-state index contributed by atoms with van der Waals surface area (Å²) in [7, 11) is 0. The van der Waals surface area contributed by atoms with E-state index in [9.17, 15) is 4.79 Å². The van der Waals surface area contributed by atoms with Crippen LogP contribution in [0.5, 0.6) is 0 Å². The smallest absolute Gasteiger partial charge is 0.254 e. The van der Waals surface area contributed by atoms with Gasteiger partial charge in [-0.2, -0.15) is 0 Å². The molecule has 1 aliphatic heterocycles. The third-order valence-electron chi connectivity index (χ3n) is 4.34. The first kappa shape index (κ1) is 14.7. The molecule has 6 nitrogen and oxygen atoms in total. The van der Waals surface area contributed by atoms with E-state index in [1.54, 1.807) is 17.2 Å². The molecule has 0 spiro atoms. The van der Waals surface area contributed by atoms with Crippen LogP contribution in [0.3, 0.4) is 0 Å². The molecule has 1 amide bonds. The van der Waals surface area contributed by atoms with Gasteiger partial charge < -0.3 is 10.6 Å². The molecule has 1 fully saturated rings. The summed E-state index contributed by atoms with van der Waals surface area (Å²) < 4.78 is 1.81. The Morgan fingerprint density at radius 2 is 1.95 bits per heavy atom. The van der Waals surface area contributed by atoms with Crippen molar-refractivity contribution in [1.82, 2.24) is 19.7 Å². The van der Waals surface area contributed by atoms with Crippen LogP contribution in [-0.4, -0.2) is 44.7 Å². The Morgan fingerprint density at radius 1 is 1.27 bits per heavy atom. The number of piperidine rings is 1. The Hall–Kier alpha value is -2.21. The molecule has 2 N–H and O–H groups in total. The predicted molar refractivity (Wildman–Crippen MR) is 83.6 cm³/mol. The van der Waals surface area contributed by atoms with Crippen LogP contribution >= 0.6 is 0 Å². The normalized spacial score (nSPS) is 21.8. The van der Waals surface area contributed by atoms with Gasteiger partial charge in [0.2, 0.25) is 0 Å². The maximum absolute atomic E-state index is 12.7. The maximum atomic E-state index is 12.7. The molecule has 1 aromatic heterocycles. The van der Waals surface area contributed by atoms with Crippen LogP contribution in [0.2, 0.25) is 0 Å². The average Bonchev–Trinajstić information content (AvgIpc) is 3.08. The van der Waals surface area contributed by atoms with Gasteiger partial charge in [0.1, 0.15) is 12.7 Å². The van der Waals surface area contributed by atoms with Crippen molar-refractivity contribution in [3.8, 4) is 5.69 Å². The third kappa shape index (κ3) is 2.87. The molecule has 2 aromatic rings. The van der Waals surface area contributed by atoms with Crippen molar-refractivity contribution >= 4 is 5.91 Å². The minimum atomic E-state index is 0.0673. The molecule has 0 bridgehead atoms. The zero-order valence-electron chi connectivity index (χ0n) is 12.7. The first-order valence-electron chi connectivity index (χ1n) is 7.65. The minimum Gasteiger partial charge on any atom is -0.334 e. The van der Waals surface area contributed by atoms with Crippen LogP contribution in [0.1, 0.15) is 30.1 Å². The van der Waals surface area contributed by atoms with Crippen LogP contribution in [-0.2, 0) is 0 Å². The van der Waals surface area contributed by atoms with Gasteiger partial charge in [0.25, 0.3) is 5.91 Å². The van der Waals surface area contributed by atoms with Gasteiger partial charge in [-0.25, -0.2) is 0 Å². The van der Waals surface area contributed by atoms with E-state index in [0.717, 1.165) is 25.1 Å². The Balaban J connectivity index is 1.77. The Morgan fingerprint density at radius 3 is 2.59 bits per heavy atom. The molecule has 2 heterocycles. The number of nitrogens with two attached hydrogens (primary N) is 1. The molecule has 1 saturated heterocycles. The fraction of sp³-hybridized carbons (Fsp3) is 0.438. The van der Waals surface area contributed by atoms with Crippen LogP contribution in [0.25, 0.3) is 5.69 Å². The third-order valence-corrected chi connectivity index (χ3v) is 4.34. The molecular weight excluding hydrogens is 278 g/mol. The van der Waals surface area contributed by atoms with Gasteiger partial charge in [-0.05, 0) is 43.0 Å². The topological polar surface area (TPSA) is 77.0 Å². The number of rotatable bonds is 3. The standard InChI is InChI=1S/C16H21N5O/c1-12-6-7-21(15(8-12)9-17)16(22)13-2-4-14(5-3-13)20-10-18-19-11-20/h2-5,10-12,15H,6-9,17H2,1H3. The van der Waals surface area contributed by atoms with Gasteiger partial charge in [0.05, 0.1) is 0 Å². The molecule has 2 unspecified atom stereocenters. The van der Waals surface area contributed by atoms with Crippen LogP contribution in [0.15, 0.2) is 36.9 Å². The van der Waals surface area contributed by atoms with E-state index in [1.165, 1.54) is 0 Å². The lowest BCUT2D eigenvalue weighted by Crippen LogP contribution is -2.49. The molecular formula is C16H21N5O. The Labute approximate surface area is 129 Å². The number of hydrogen-bond acceptors (Lipinski definition) is 4. The fourth-order valence-corrected chi connectivity index (χ4v) is 3.02. The summed E-state index contributed by atoms with van der Waals surface area (Å²) in [5.41, 5.74) is 7.48. The Kier molecular flexibility index (Phi) is 4.20. The SMILES string of the molecule is CC1CCN(C(=O)c2ccc(-n3cnnc3)cc2)C(CN)C1. The second-order valence-electron chi connectivity index (χ2n) is 5.93. The lowest BCUT2D eigenvalue weighted by atomic mass is 9.92. The first-order valence-corrected chi connectivity index (χ1v) is 7.65. The minimum absolute atomic E-state index is 0.0673. The summed E-state index contributed by atoms with van der Waals surface area (Å²) in [6.07, 6.45) is 5.29. The van der Waals surface area contributed by atoms with Crippen molar-refractivity contribution in [2.45, 2.75) is 25.8 Å². The summed E-state index contributed by atoms with van der Waals surface area (Å²) in [6, 6.07) is 7.65. The quantitative estimate of drug-likeness (QED) is 0.931. The maximum Gasteiger partial charge on any atom is 0.254 e. The van der Waals surface area contributed by atoms with Crippen molar-refractivity contribution in [2.75, 3.05) is 13.1 Å². The summed E-state index contributed by atoms with van der Waals surface area (Å²) in [5, 5.41) is 7.56. The van der Waals surface area contributed by atoms with Crippen LogP contribution in [0.4, 0.5) is 0 Å². The van der Waals surface area contributed by atoms with Gasteiger partial charge in [-0.1, -0.05) is 6.92 Å². The number of likely N-dealkylation sites (tertiary alicyclic amines) is 1. The second kappa shape index (κ2) is 6.27. The Bertz CT molecular complexity index is 622. The molecule has 0 aliphatic carbocycles. The fourth-order valence-electron chi connectivity index (χ4n) is 3.02. The lowest BCUT2D eigenvalue weighted by Gasteiger charge is -2.38. The highest BCUT2D eigenvalue weighted by Gasteiger charge is 2.29. The van der Waals surface area contributed by atoms with Gasteiger partial charge in [-0.3, -0.25) is 9.36 Å². The zero-order chi connectivity index (χ0) is 15.5.